The van der Waals surface area contributed by atoms with Gasteiger partial charge in [0.05, 0.1) is 6.61 Å². The Balaban J connectivity index is 1.83. The van der Waals surface area contributed by atoms with Gasteiger partial charge in [-0.05, 0) is 24.6 Å². The zero-order valence-corrected chi connectivity index (χ0v) is 15.7. The molecule has 2 heterocycles. The topological polar surface area (TPSA) is 170 Å². The van der Waals surface area contributed by atoms with Crippen molar-refractivity contribution in [1.82, 2.24) is 0 Å². The Morgan fingerprint density at radius 3 is 2.43 bits per heavy atom. The van der Waals surface area contributed by atoms with E-state index in [2.05, 4.69) is 0 Å². The average molecular weight is 420 g/mol. The lowest BCUT2D eigenvalue weighted by molar-refractivity contribution is -0.277. The quantitative estimate of drug-likeness (QED) is 0.247. The molecule has 0 aliphatic carbocycles. The highest BCUT2D eigenvalue weighted by Gasteiger charge is 2.44. The summed E-state index contributed by atoms with van der Waals surface area (Å²) in [5.74, 6) is -0.556. The maximum absolute atomic E-state index is 12.3. The molecule has 0 unspecified atom stereocenters. The number of aromatic hydroxyl groups is 2. The minimum absolute atomic E-state index is 0.0105. The molecule has 1 aliphatic heterocycles. The van der Waals surface area contributed by atoms with E-state index >= 15 is 0 Å². The number of aliphatic hydroxyl groups excluding tert-OH is 4. The van der Waals surface area contributed by atoms with E-state index in [1.54, 1.807) is 6.92 Å². The van der Waals surface area contributed by atoms with Gasteiger partial charge in [0.2, 0.25) is 6.29 Å². The molecule has 3 aromatic rings. The number of rotatable bonds is 3. The number of hydrogen-bond donors (Lipinski definition) is 6. The number of phenols is 2. The molecule has 2 aromatic carbocycles. The molecule has 1 aliphatic rings. The number of benzene rings is 2. The molecular formula is C20H20O10. The molecule has 5 atom stereocenters. The first-order valence-electron chi connectivity index (χ1n) is 9.11. The van der Waals surface area contributed by atoms with Crippen LogP contribution in [0.25, 0.3) is 21.7 Å². The molecule has 10 nitrogen and oxygen atoms in total. The Hall–Kier alpha value is -2.89. The van der Waals surface area contributed by atoms with Crippen LogP contribution in [0.1, 0.15) is 5.56 Å². The number of aliphatic hydroxyl groups is 4. The van der Waals surface area contributed by atoms with Gasteiger partial charge in [-0.15, -0.1) is 0 Å². The molecule has 10 heteroatoms. The van der Waals surface area contributed by atoms with Crippen LogP contribution in [0, 0.1) is 6.92 Å². The van der Waals surface area contributed by atoms with Crippen LogP contribution >= 0.6 is 0 Å². The molecule has 0 bridgehead atoms. The predicted octanol–water partition coefficient (Wildman–Crippen LogP) is -0.155. The largest absolute Gasteiger partial charge is 0.508 e. The van der Waals surface area contributed by atoms with Gasteiger partial charge in [0.15, 0.2) is 0 Å². The fourth-order valence-electron chi connectivity index (χ4n) is 3.69. The van der Waals surface area contributed by atoms with Crippen molar-refractivity contribution < 1.29 is 44.5 Å². The Morgan fingerprint density at radius 2 is 1.73 bits per heavy atom. The molecule has 1 fully saturated rings. The Bertz CT molecular complexity index is 1170. The number of ether oxygens (including phenoxy) is 2. The second kappa shape index (κ2) is 7.42. The third-order valence-electron chi connectivity index (χ3n) is 5.15. The molecule has 6 N–H and O–H groups in total. The van der Waals surface area contributed by atoms with E-state index in [-0.39, 0.29) is 27.9 Å². The van der Waals surface area contributed by atoms with Gasteiger partial charge in [0.1, 0.15) is 52.6 Å². The number of phenolic OH excluding ortho intramolecular Hbond substituents is 2. The van der Waals surface area contributed by atoms with Gasteiger partial charge < -0.3 is 44.5 Å². The van der Waals surface area contributed by atoms with Gasteiger partial charge in [0, 0.05) is 22.9 Å². The van der Waals surface area contributed by atoms with Crippen molar-refractivity contribution in [2.75, 3.05) is 6.61 Å². The summed E-state index contributed by atoms with van der Waals surface area (Å²) in [6, 6.07) is 5.26. The number of hydrogen-bond acceptors (Lipinski definition) is 10. The highest BCUT2D eigenvalue weighted by Crippen LogP contribution is 2.36. The highest BCUT2D eigenvalue weighted by molar-refractivity contribution is 6.08. The molecule has 0 spiro atoms. The molecule has 4 rings (SSSR count). The van der Waals surface area contributed by atoms with Crippen LogP contribution in [-0.2, 0) is 4.74 Å². The van der Waals surface area contributed by atoms with Crippen LogP contribution in [0.4, 0.5) is 0 Å². The molecule has 0 saturated carbocycles. The second-order valence-corrected chi connectivity index (χ2v) is 7.21. The van der Waals surface area contributed by atoms with Crippen LogP contribution in [0.15, 0.2) is 33.5 Å². The van der Waals surface area contributed by atoms with E-state index in [9.17, 15) is 35.4 Å². The van der Waals surface area contributed by atoms with E-state index in [1.165, 1.54) is 18.2 Å². The third kappa shape index (κ3) is 3.24. The normalized spacial score (nSPS) is 26.9. The zero-order valence-electron chi connectivity index (χ0n) is 15.7. The summed E-state index contributed by atoms with van der Waals surface area (Å²) in [5, 5.41) is 60.1. The van der Waals surface area contributed by atoms with Crippen molar-refractivity contribution in [1.29, 1.82) is 0 Å². The van der Waals surface area contributed by atoms with Crippen LogP contribution < -0.4 is 10.4 Å². The van der Waals surface area contributed by atoms with Crippen molar-refractivity contribution in [3.8, 4) is 17.2 Å². The van der Waals surface area contributed by atoms with Crippen molar-refractivity contribution >= 4 is 21.7 Å². The second-order valence-electron chi connectivity index (χ2n) is 7.21. The summed E-state index contributed by atoms with van der Waals surface area (Å²) in [4.78, 5) is 12.3. The van der Waals surface area contributed by atoms with E-state index in [0.717, 1.165) is 6.07 Å². The standard InChI is InChI=1S/C20H20O10/c1-7-2-8(22)3-12-14(7)10-4-9(5-11(23)15(10)19(27)29-12)28-20-18(26)17(25)16(24)13(6-21)30-20/h2-5,13,16-18,20-26H,6H2,1H3/t13-,16-,17+,18-,20-/m1/s1. The Kier molecular flexibility index (Phi) is 5.04. The van der Waals surface area contributed by atoms with Crippen molar-refractivity contribution in [3.05, 3.63) is 40.2 Å². The summed E-state index contributed by atoms with van der Waals surface area (Å²) >= 11 is 0. The monoisotopic (exact) mass is 420 g/mol. The van der Waals surface area contributed by atoms with Crippen LogP contribution in [0.3, 0.4) is 0 Å². The zero-order chi connectivity index (χ0) is 21.7. The molecule has 30 heavy (non-hydrogen) atoms. The average Bonchev–Trinajstić information content (AvgIpc) is 2.67. The van der Waals surface area contributed by atoms with Crippen LogP contribution in [0.5, 0.6) is 17.2 Å². The lowest BCUT2D eigenvalue weighted by atomic mass is 9.99. The Morgan fingerprint density at radius 1 is 1.00 bits per heavy atom. The van der Waals surface area contributed by atoms with Gasteiger partial charge in [-0.2, -0.15) is 0 Å². The van der Waals surface area contributed by atoms with E-state index < -0.39 is 48.7 Å². The van der Waals surface area contributed by atoms with Crippen molar-refractivity contribution in [3.63, 3.8) is 0 Å². The lowest BCUT2D eigenvalue weighted by Crippen LogP contribution is -2.60. The summed E-state index contributed by atoms with van der Waals surface area (Å²) in [7, 11) is 0. The van der Waals surface area contributed by atoms with Crippen LogP contribution in [0.2, 0.25) is 0 Å². The van der Waals surface area contributed by atoms with Gasteiger partial charge in [-0.3, -0.25) is 0 Å². The third-order valence-corrected chi connectivity index (χ3v) is 5.15. The highest BCUT2D eigenvalue weighted by atomic mass is 16.7. The maximum Gasteiger partial charge on any atom is 0.347 e. The first-order chi connectivity index (χ1) is 14.2. The van der Waals surface area contributed by atoms with E-state index in [0.29, 0.717) is 10.9 Å². The minimum Gasteiger partial charge on any atom is -0.508 e. The summed E-state index contributed by atoms with van der Waals surface area (Å²) in [6.45, 7) is 1.06. The summed E-state index contributed by atoms with van der Waals surface area (Å²) in [6.07, 6.45) is -7.45. The lowest BCUT2D eigenvalue weighted by Gasteiger charge is -2.39. The number of fused-ring (bicyclic) bond motifs is 3. The maximum atomic E-state index is 12.3. The Labute approximate surface area is 168 Å². The molecule has 1 aromatic heterocycles. The molecule has 160 valence electrons. The summed E-state index contributed by atoms with van der Waals surface area (Å²) < 4.78 is 16.1. The number of aryl methyl sites for hydroxylation is 1. The van der Waals surface area contributed by atoms with Crippen LogP contribution in [-0.4, -0.2) is 68.0 Å². The first-order valence-corrected chi connectivity index (χ1v) is 9.11. The smallest absolute Gasteiger partial charge is 0.347 e. The molecule has 0 amide bonds. The van der Waals surface area contributed by atoms with Gasteiger partial charge in [-0.25, -0.2) is 4.79 Å². The fourth-order valence-corrected chi connectivity index (χ4v) is 3.69. The van der Waals surface area contributed by atoms with E-state index in [4.69, 9.17) is 13.9 Å². The van der Waals surface area contributed by atoms with Crippen molar-refractivity contribution in [2.45, 2.75) is 37.6 Å². The van der Waals surface area contributed by atoms with Gasteiger partial charge >= 0.3 is 5.63 Å². The fraction of sp³-hybridized carbons (Fsp3) is 0.350. The molecule has 1 saturated heterocycles. The predicted molar refractivity (Wildman–Crippen MR) is 102 cm³/mol. The van der Waals surface area contributed by atoms with Gasteiger partial charge in [0.25, 0.3) is 0 Å². The SMILES string of the molecule is Cc1cc(O)cc2oc(=O)c3c(O)cc(O[C@@H]4O[C@H](CO)[C@@H](O)[C@H](O)[C@H]4O)cc3c12. The molecule has 0 radical (unpaired) electrons. The van der Waals surface area contributed by atoms with Crippen molar-refractivity contribution in [2.24, 2.45) is 0 Å². The van der Waals surface area contributed by atoms with Gasteiger partial charge in [-0.1, -0.05) is 0 Å². The molecular weight excluding hydrogens is 400 g/mol. The summed E-state index contributed by atoms with van der Waals surface area (Å²) in [5.41, 5.74) is -0.142. The minimum atomic E-state index is -1.64. The van der Waals surface area contributed by atoms with E-state index in [1.807, 2.05) is 0 Å². The first kappa shape index (κ1) is 20.4.